The van der Waals surface area contributed by atoms with Crippen molar-refractivity contribution in [3.8, 4) is 11.3 Å². The van der Waals surface area contributed by atoms with Crippen LogP contribution < -0.4 is 5.32 Å². The molecule has 0 aliphatic heterocycles. The number of hydrogen-bond donors (Lipinski definition) is 1. The Bertz CT molecular complexity index is 720. The summed E-state index contributed by atoms with van der Waals surface area (Å²) in [6.45, 7) is 0. The number of hydrogen-bond acceptors (Lipinski definition) is 3. The molecule has 21 heavy (non-hydrogen) atoms. The maximum absolute atomic E-state index is 13.2. The number of carbonyl (C=O) groups is 1. The molecule has 1 aliphatic carbocycles. The zero-order chi connectivity index (χ0) is 15.2. The lowest BCUT2D eigenvalue weighted by molar-refractivity contribution is -0.117. The highest BCUT2D eigenvalue weighted by Gasteiger charge is 2.56. The molecule has 1 aliphatic rings. The SMILES string of the molecule is O=C(Nc1nc(-c2ccc(F)c(F)c2)cs1)C1CC1(Cl)Cl. The lowest BCUT2D eigenvalue weighted by Crippen LogP contribution is -2.16. The Labute approximate surface area is 132 Å². The predicted molar refractivity (Wildman–Crippen MR) is 78.6 cm³/mol. The van der Waals surface area contributed by atoms with Crippen LogP contribution in [0, 0.1) is 17.6 Å². The van der Waals surface area contributed by atoms with Crippen LogP contribution in [0.1, 0.15) is 6.42 Å². The molecule has 1 aromatic carbocycles. The fraction of sp³-hybridized carbons (Fsp3) is 0.231. The lowest BCUT2D eigenvalue weighted by Gasteiger charge is -2.01. The maximum atomic E-state index is 13.2. The number of aromatic nitrogens is 1. The molecule has 3 nitrogen and oxygen atoms in total. The highest BCUT2D eigenvalue weighted by Crippen LogP contribution is 2.53. The first-order valence-corrected chi connectivity index (χ1v) is 7.60. The fourth-order valence-corrected chi connectivity index (χ4v) is 3.04. The van der Waals surface area contributed by atoms with Crippen LogP contribution >= 0.6 is 34.5 Å². The summed E-state index contributed by atoms with van der Waals surface area (Å²) < 4.78 is 25.1. The molecular formula is C13H8Cl2F2N2OS. The fourth-order valence-electron chi connectivity index (χ4n) is 1.81. The highest BCUT2D eigenvalue weighted by atomic mass is 35.5. The van der Waals surface area contributed by atoms with Gasteiger partial charge in [-0.05, 0) is 24.6 Å². The third-order valence-corrected chi connectivity index (χ3v) is 4.69. The molecule has 8 heteroatoms. The quantitative estimate of drug-likeness (QED) is 0.843. The number of thiazole rings is 1. The van der Waals surface area contributed by atoms with Gasteiger partial charge in [-0.1, -0.05) is 0 Å². The van der Waals surface area contributed by atoms with Gasteiger partial charge in [0.25, 0.3) is 0 Å². The Morgan fingerprint density at radius 3 is 2.71 bits per heavy atom. The van der Waals surface area contributed by atoms with E-state index in [9.17, 15) is 13.6 Å². The van der Waals surface area contributed by atoms with E-state index in [1.807, 2.05) is 0 Å². The normalized spacial score (nSPS) is 19.3. The van der Waals surface area contributed by atoms with Gasteiger partial charge >= 0.3 is 0 Å². The Morgan fingerprint density at radius 2 is 2.10 bits per heavy atom. The van der Waals surface area contributed by atoms with Crippen molar-refractivity contribution in [3.63, 3.8) is 0 Å². The van der Waals surface area contributed by atoms with Crippen LogP contribution in [0.4, 0.5) is 13.9 Å². The first kappa shape index (κ1) is 14.7. The second-order valence-electron chi connectivity index (χ2n) is 4.67. The lowest BCUT2D eigenvalue weighted by atomic mass is 10.2. The van der Waals surface area contributed by atoms with Crippen molar-refractivity contribution in [3.05, 3.63) is 35.2 Å². The van der Waals surface area contributed by atoms with Crippen molar-refractivity contribution in [2.45, 2.75) is 10.8 Å². The van der Waals surface area contributed by atoms with Crippen molar-refractivity contribution < 1.29 is 13.6 Å². The Hall–Kier alpha value is -1.24. The van der Waals surface area contributed by atoms with E-state index in [1.54, 1.807) is 5.38 Å². The van der Waals surface area contributed by atoms with Crippen molar-refractivity contribution >= 4 is 45.6 Å². The minimum Gasteiger partial charge on any atom is -0.302 e. The van der Waals surface area contributed by atoms with Gasteiger partial charge in [0, 0.05) is 10.9 Å². The van der Waals surface area contributed by atoms with Gasteiger partial charge in [0.05, 0.1) is 11.6 Å². The van der Waals surface area contributed by atoms with E-state index in [1.165, 1.54) is 17.4 Å². The molecule has 1 N–H and O–H groups in total. The number of halogens is 4. The van der Waals surface area contributed by atoms with Gasteiger partial charge in [0.1, 0.15) is 4.33 Å². The van der Waals surface area contributed by atoms with E-state index in [2.05, 4.69) is 10.3 Å². The summed E-state index contributed by atoms with van der Waals surface area (Å²) in [7, 11) is 0. The smallest absolute Gasteiger partial charge is 0.232 e. The van der Waals surface area contributed by atoms with Gasteiger partial charge in [-0.25, -0.2) is 13.8 Å². The number of rotatable bonds is 3. The van der Waals surface area contributed by atoms with Gasteiger partial charge in [-0.15, -0.1) is 34.5 Å². The highest BCUT2D eigenvalue weighted by molar-refractivity contribution is 7.14. The average Bonchev–Trinajstić information content (AvgIpc) is 2.84. The van der Waals surface area contributed by atoms with E-state index >= 15 is 0 Å². The van der Waals surface area contributed by atoms with Gasteiger partial charge < -0.3 is 5.32 Å². The number of benzene rings is 1. The Kier molecular flexibility index (Phi) is 3.63. The molecule has 1 amide bonds. The molecule has 1 heterocycles. The molecule has 0 bridgehead atoms. The van der Waals surface area contributed by atoms with E-state index in [0.29, 0.717) is 22.8 Å². The number of carbonyl (C=O) groups excluding carboxylic acids is 1. The standard InChI is InChI=1S/C13H8Cl2F2N2OS/c14-13(15)4-7(13)11(20)19-12-18-10(5-21-12)6-1-2-8(16)9(17)3-6/h1-3,5,7H,4H2,(H,18,19,20). The van der Waals surface area contributed by atoms with E-state index in [4.69, 9.17) is 23.2 Å². The number of nitrogens with zero attached hydrogens (tertiary/aromatic N) is 1. The van der Waals surface area contributed by atoms with E-state index in [0.717, 1.165) is 12.1 Å². The van der Waals surface area contributed by atoms with Crippen LogP contribution in [-0.4, -0.2) is 15.2 Å². The van der Waals surface area contributed by atoms with Crippen LogP contribution in [0.25, 0.3) is 11.3 Å². The van der Waals surface area contributed by atoms with Crippen LogP contribution in [0.5, 0.6) is 0 Å². The molecular weight excluding hydrogens is 341 g/mol. The molecule has 0 spiro atoms. The minimum absolute atomic E-state index is 0.300. The summed E-state index contributed by atoms with van der Waals surface area (Å²) in [5.74, 6) is -2.61. The molecule has 0 radical (unpaired) electrons. The topological polar surface area (TPSA) is 42.0 Å². The molecule has 1 atom stereocenters. The van der Waals surface area contributed by atoms with Crippen molar-refractivity contribution in [1.82, 2.24) is 4.98 Å². The summed E-state index contributed by atoms with van der Waals surface area (Å²) in [6, 6.07) is 3.50. The van der Waals surface area contributed by atoms with E-state index < -0.39 is 21.9 Å². The Morgan fingerprint density at radius 1 is 1.38 bits per heavy atom. The number of anilines is 1. The summed E-state index contributed by atoms with van der Waals surface area (Å²) >= 11 is 12.8. The van der Waals surface area contributed by atoms with Crippen molar-refractivity contribution in [2.75, 3.05) is 5.32 Å². The van der Waals surface area contributed by atoms with Crippen molar-refractivity contribution in [2.24, 2.45) is 5.92 Å². The maximum Gasteiger partial charge on any atom is 0.232 e. The summed E-state index contributed by atoms with van der Waals surface area (Å²) in [5, 5.41) is 4.61. The minimum atomic E-state index is -0.996. The molecule has 0 saturated heterocycles. The van der Waals surface area contributed by atoms with Crippen LogP contribution in [0.15, 0.2) is 23.6 Å². The largest absolute Gasteiger partial charge is 0.302 e. The molecule has 1 unspecified atom stereocenters. The van der Waals surface area contributed by atoms with Crippen LogP contribution in [-0.2, 0) is 4.79 Å². The Balaban J connectivity index is 1.74. The second-order valence-corrected chi connectivity index (χ2v) is 7.07. The molecule has 1 saturated carbocycles. The molecule has 1 fully saturated rings. The van der Waals surface area contributed by atoms with Gasteiger partial charge in [0.2, 0.25) is 5.91 Å². The average molecular weight is 349 g/mol. The number of amides is 1. The summed E-state index contributed by atoms with van der Waals surface area (Å²) in [5.41, 5.74) is 0.883. The van der Waals surface area contributed by atoms with Crippen molar-refractivity contribution in [1.29, 1.82) is 0 Å². The number of alkyl halides is 2. The van der Waals surface area contributed by atoms with Gasteiger partial charge in [-0.3, -0.25) is 4.79 Å². The molecule has 3 rings (SSSR count). The summed E-state index contributed by atoms with van der Waals surface area (Å²) in [4.78, 5) is 16.0. The first-order chi connectivity index (χ1) is 9.87. The summed E-state index contributed by atoms with van der Waals surface area (Å²) in [6.07, 6.45) is 0.406. The predicted octanol–water partition coefficient (Wildman–Crippen LogP) is 4.22. The van der Waals surface area contributed by atoms with Gasteiger partial charge in [0.15, 0.2) is 16.8 Å². The molecule has 2 aromatic rings. The zero-order valence-corrected chi connectivity index (χ0v) is 12.7. The van der Waals surface area contributed by atoms with Crippen LogP contribution in [0.3, 0.4) is 0 Å². The van der Waals surface area contributed by atoms with E-state index in [-0.39, 0.29) is 5.91 Å². The monoisotopic (exact) mass is 348 g/mol. The second kappa shape index (κ2) is 5.19. The van der Waals surface area contributed by atoms with Crippen LogP contribution in [0.2, 0.25) is 0 Å². The molecule has 1 aromatic heterocycles. The third-order valence-electron chi connectivity index (χ3n) is 3.09. The number of nitrogens with one attached hydrogen (secondary N) is 1. The zero-order valence-electron chi connectivity index (χ0n) is 10.4. The molecule has 110 valence electrons. The third kappa shape index (κ3) is 3.02. The van der Waals surface area contributed by atoms with Gasteiger partial charge in [-0.2, -0.15) is 0 Å². The first-order valence-electron chi connectivity index (χ1n) is 5.96.